The Bertz CT molecular complexity index is 1050. The summed E-state index contributed by atoms with van der Waals surface area (Å²) in [7, 11) is 1.88. The smallest absolute Gasteiger partial charge is 0.243 e. The number of halogens is 1. The van der Waals surface area contributed by atoms with Gasteiger partial charge in [-0.1, -0.05) is 18.2 Å². The number of carbonyl (C=O) groups is 1. The molecule has 4 rings (SSSR count). The van der Waals surface area contributed by atoms with E-state index in [1.807, 2.05) is 31.0 Å². The maximum Gasteiger partial charge on any atom is 0.243 e. The second-order valence-corrected chi connectivity index (χ2v) is 7.16. The first-order valence-electron chi connectivity index (χ1n) is 9.56. The SMILES string of the molecule is Cc1nc(NCc2ccc(OCc3ccc(F)cc3)nc2)cc2c1NC(=O)CN2C. The molecule has 8 heteroatoms. The van der Waals surface area contributed by atoms with E-state index in [2.05, 4.69) is 20.6 Å². The van der Waals surface area contributed by atoms with E-state index in [4.69, 9.17) is 4.74 Å². The highest BCUT2D eigenvalue weighted by atomic mass is 19.1. The first-order valence-corrected chi connectivity index (χ1v) is 9.56. The normalized spacial score (nSPS) is 12.9. The van der Waals surface area contributed by atoms with E-state index in [1.54, 1.807) is 24.4 Å². The largest absolute Gasteiger partial charge is 0.473 e. The summed E-state index contributed by atoms with van der Waals surface area (Å²) in [6.07, 6.45) is 1.74. The summed E-state index contributed by atoms with van der Waals surface area (Å²) in [6.45, 7) is 3.07. The van der Waals surface area contributed by atoms with Crippen molar-refractivity contribution in [2.75, 3.05) is 29.1 Å². The molecule has 3 aromatic rings. The lowest BCUT2D eigenvalue weighted by Crippen LogP contribution is -2.36. The van der Waals surface area contributed by atoms with Gasteiger partial charge in [0.05, 0.1) is 23.6 Å². The lowest BCUT2D eigenvalue weighted by molar-refractivity contribution is -0.115. The van der Waals surface area contributed by atoms with Crippen molar-refractivity contribution in [1.82, 2.24) is 9.97 Å². The van der Waals surface area contributed by atoms with Crippen molar-refractivity contribution < 1.29 is 13.9 Å². The standard InChI is InChI=1S/C22H22FN5O2/c1-14-22-18(28(2)12-20(29)27-22)9-19(26-14)24-10-16-5-8-21(25-11-16)30-13-15-3-6-17(23)7-4-15/h3-9,11H,10,12-13H2,1-2H3,(H,24,26)(H,27,29). The minimum atomic E-state index is -0.270. The van der Waals surface area contributed by atoms with Crippen molar-refractivity contribution in [3.05, 3.63) is 71.3 Å². The van der Waals surface area contributed by atoms with Crippen LogP contribution >= 0.6 is 0 Å². The molecule has 2 aromatic heterocycles. The fourth-order valence-corrected chi connectivity index (χ4v) is 3.21. The third-order valence-corrected chi connectivity index (χ3v) is 4.81. The predicted molar refractivity (Wildman–Crippen MR) is 113 cm³/mol. The number of nitrogens with one attached hydrogen (secondary N) is 2. The van der Waals surface area contributed by atoms with Crippen LogP contribution in [-0.4, -0.2) is 29.5 Å². The summed E-state index contributed by atoms with van der Waals surface area (Å²) in [5.74, 6) is 0.922. The monoisotopic (exact) mass is 407 g/mol. The molecule has 0 aliphatic carbocycles. The van der Waals surface area contributed by atoms with E-state index < -0.39 is 0 Å². The Morgan fingerprint density at radius 1 is 1.20 bits per heavy atom. The molecule has 1 aliphatic rings. The van der Waals surface area contributed by atoms with Gasteiger partial charge >= 0.3 is 0 Å². The van der Waals surface area contributed by atoms with Gasteiger partial charge < -0.3 is 20.3 Å². The Morgan fingerprint density at radius 2 is 1.97 bits per heavy atom. The number of likely N-dealkylation sites (N-methyl/N-ethyl adjacent to an activating group) is 1. The summed E-state index contributed by atoms with van der Waals surface area (Å²) in [5, 5.41) is 6.18. The Morgan fingerprint density at radius 3 is 2.70 bits per heavy atom. The number of hydrogen-bond donors (Lipinski definition) is 2. The minimum absolute atomic E-state index is 0.0385. The van der Waals surface area contributed by atoms with E-state index >= 15 is 0 Å². The lowest BCUT2D eigenvalue weighted by atomic mass is 10.2. The molecule has 0 spiro atoms. The van der Waals surface area contributed by atoms with Crippen LogP contribution in [0.3, 0.4) is 0 Å². The summed E-state index contributed by atoms with van der Waals surface area (Å²) in [6, 6.07) is 11.8. The number of benzene rings is 1. The maximum atomic E-state index is 12.9. The molecular weight excluding hydrogens is 385 g/mol. The molecule has 7 nitrogen and oxygen atoms in total. The lowest BCUT2D eigenvalue weighted by Gasteiger charge is -2.28. The van der Waals surface area contributed by atoms with Crippen molar-refractivity contribution in [1.29, 1.82) is 0 Å². The summed E-state index contributed by atoms with van der Waals surface area (Å²) in [4.78, 5) is 22.5. The van der Waals surface area contributed by atoms with Crippen molar-refractivity contribution >= 4 is 23.1 Å². The third kappa shape index (κ3) is 4.48. The number of amides is 1. The molecule has 1 amide bonds. The number of carbonyl (C=O) groups excluding carboxylic acids is 1. The fourth-order valence-electron chi connectivity index (χ4n) is 3.21. The quantitative estimate of drug-likeness (QED) is 0.651. The molecule has 3 heterocycles. The molecule has 154 valence electrons. The number of nitrogens with zero attached hydrogens (tertiary/aromatic N) is 3. The molecule has 30 heavy (non-hydrogen) atoms. The number of fused-ring (bicyclic) bond motifs is 1. The molecule has 0 radical (unpaired) electrons. The van der Waals surface area contributed by atoms with Crippen LogP contribution in [0.5, 0.6) is 5.88 Å². The summed E-state index contributed by atoms with van der Waals surface area (Å²) >= 11 is 0. The Kier molecular flexibility index (Phi) is 5.47. The molecule has 0 saturated heterocycles. The van der Waals surface area contributed by atoms with Crippen LogP contribution in [-0.2, 0) is 17.9 Å². The average molecular weight is 407 g/mol. The van der Waals surface area contributed by atoms with Gasteiger partial charge in [0.15, 0.2) is 0 Å². The highest BCUT2D eigenvalue weighted by molar-refractivity contribution is 6.02. The zero-order valence-corrected chi connectivity index (χ0v) is 16.8. The van der Waals surface area contributed by atoms with Crippen molar-refractivity contribution in [3.8, 4) is 5.88 Å². The molecule has 2 N–H and O–H groups in total. The van der Waals surface area contributed by atoms with E-state index in [0.29, 0.717) is 25.6 Å². The Labute approximate surface area is 173 Å². The summed E-state index contributed by atoms with van der Waals surface area (Å²) < 4.78 is 18.6. The van der Waals surface area contributed by atoms with E-state index in [9.17, 15) is 9.18 Å². The Hall–Kier alpha value is -3.68. The highest BCUT2D eigenvalue weighted by Crippen LogP contribution is 2.32. The molecule has 0 fully saturated rings. The van der Waals surface area contributed by atoms with Crippen LogP contribution in [0, 0.1) is 12.7 Å². The van der Waals surface area contributed by atoms with Gasteiger partial charge in [-0.25, -0.2) is 14.4 Å². The van der Waals surface area contributed by atoms with Gasteiger partial charge in [0.1, 0.15) is 18.2 Å². The van der Waals surface area contributed by atoms with Gasteiger partial charge in [-0.2, -0.15) is 0 Å². The second kappa shape index (κ2) is 8.36. The van der Waals surface area contributed by atoms with Crippen molar-refractivity contribution in [2.24, 2.45) is 0 Å². The Balaban J connectivity index is 1.36. The van der Waals surface area contributed by atoms with Crippen molar-refractivity contribution in [2.45, 2.75) is 20.1 Å². The molecule has 1 aromatic carbocycles. The minimum Gasteiger partial charge on any atom is -0.473 e. The van der Waals surface area contributed by atoms with Gasteiger partial charge in [-0.15, -0.1) is 0 Å². The molecule has 0 atom stereocenters. The number of aromatic nitrogens is 2. The van der Waals surface area contributed by atoms with Gasteiger partial charge in [0.2, 0.25) is 11.8 Å². The second-order valence-electron chi connectivity index (χ2n) is 7.16. The number of anilines is 3. The zero-order chi connectivity index (χ0) is 21.1. The number of pyridine rings is 2. The third-order valence-electron chi connectivity index (χ3n) is 4.81. The molecular formula is C22H22FN5O2. The number of ether oxygens (including phenoxy) is 1. The van der Waals surface area contributed by atoms with Crippen LogP contribution in [0.4, 0.5) is 21.6 Å². The molecule has 0 saturated carbocycles. The predicted octanol–water partition coefficient (Wildman–Crippen LogP) is 3.50. The van der Waals surface area contributed by atoms with E-state index in [0.717, 1.165) is 34.0 Å². The van der Waals surface area contributed by atoms with Crippen LogP contribution < -0.4 is 20.3 Å². The molecule has 0 unspecified atom stereocenters. The fraction of sp³-hybridized carbons (Fsp3) is 0.227. The van der Waals surface area contributed by atoms with Crippen LogP contribution in [0.25, 0.3) is 0 Å². The van der Waals surface area contributed by atoms with E-state index in [1.165, 1.54) is 12.1 Å². The van der Waals surface area contributed by atoms with Gasteiger partial charge in [0, 0.05) is 31.9 Å². The van der Waals surface area contributed by atoms with Crippen LogP contribution in [0.2, 0.25) is 0 Å². The topological polar surface area (TPSA) is 79.4 Å². The van der Waals surface area contributed by atoms with Gasteiger partial charge in [-0.3, -0.25) is 4.79 Å². The van der Waals surface area contributed by atoms with Gasteiger partial charge in [0.25, 0.3) is 0 Å². The number of rotatable bonds is 6. The average Bonchev–Trinajstić information content (AvgIpc) is 2.73. The van der Waals surface area contributed by atoms with E-state index in [-0.39, 0.29) is 11.7 Å². The van der Waals surface area contributed by atoms with Crippen LogP contribution in [0.15, 0.2) is 48.7 Å². The molecule has 0 bridgehead atoms. The number of hydrogen-bond acceptors (Lipinski definition) is 6. The first-order chi connectivity index (χ1) is 14.5. The van der Waals surface area contributed by atoms with Crippen LogP contribution in [0.1, 0.15) is 16.8 Å². The first kappa shape index (κ1) is 19.6. The van der Waals surface area contributed by atoms with Crippen molar-refractivity contribution in [3.63, 3.8) is 0 Å². The summed E-state index contributed by atoms with van der Waals surface area (Å²) in [5.41, 5.74) is 4.30. The molecule has 1 aliphatic heterocycles. The number of aryl methyl sites for hydroxylation is 1. The highest BCUT2D eigenvalue weighted by Gasteiger charge is 2.22. The van der Waals surface area contributed by atoms with Gasteiger partial charge in [-0.05, 0) is 30.2 Å². The zero-order valence-electron chi connectivity index (χ0n) is 16.8. The maximum absolute atomic E-state index is 12.9.